The lowest BCUT2D eigenvalue weighted by molar-refractivity contribution is -0.139. The van der Waals surface area contributed by atoms with Gasteiger partial charge in [-0.05, 0) is 88.1 Å². The van der Waals surface area contributed by atoms with Crippen LogP contribution in [-0.4, -0.2) is 56.5 Å². The van der Waals surface area contributed by atoms with Gasteiger partial charge in [-0.3, -0.25) is 14.5 Å². The summed E-state index contributed by atoms with van der Waals surface area (Å²) >= 11 is 0. The zero-order chi connectivity index (χ0) is 22.3. The van der Waals surface area contributed by atoms with Crippen LogP contribution in [0.4, 0.5) is 5.69 Å². The molecule has 1 fully saturated rings. The van der Waals surface area contributed by atoms with Crippen molar-refractivity contribution in [2.24, 2.45) is 0 Å². The van der Waals surface area contributed by atoms with Crippen LogP contribution < -0.4 is 15.5 Å². The van der Waals surface area contributed by atoms with E-state index in [0.29, 0.717) is 13.1 Å². The molecule has 1 aliphatic carbocycles. The van der Waals surface area contributed by atoms with Gasteiger partial charge in [-0.15, -0.1) is 0 Å². The standard InChI is InChI=1S/C26H38N4O2/c1-29-15-7-10-21-18-22(11-12-23(21)29)24(30-16-5-6-17-30)19-28-26(32)25(31)27-14-13-20-8-3-2-4-9-20/h8,11-12,18,24H,2-7,9-10,13-17,19H2,1H3,(H,27,31)(H,28,32)/t24-/m0/s1. The molecule has 0 unspecified atom stereocenters. The van der Waals surface area contributed by atoms with E-state index < -0.39 is 11.8 Å². The first-order valence-corrected chi connectivity index (χ1v) is 12.4. The number of amides is 2. The molecule has 32 heavy (non-hydrogen) atoms. The smallest absolute Gasteiger partial charge is 0.309 e. The molecular formula is C26H38N4O2. The van der Waals surface area contributed by atoms with Crippen molar-refractivity contribution in [3.8, 4) is 0 Å². The van der Waals surface area contributed by atoms with Crippen LogP contribution in [0.1, 0.15) is 68.5 Å². The molecule has 1 aromatic carbocycles. The molecule has 2 N–H and O–H groups in total. The summed E-state index contributed by atoms with van der Waals surface area (Å²) in [4.78, 5) is 29.6. The van der Waals surface area contributed by atoms with E-state index in [1.165, 1.54) is 54.5 Å². The summed E-state index contributed by atoms with van der Waals surface area (Å²) in [6.45, 7) is 4.18. The highest BCUT2D eigenvalue weighted by molar-refractivity contribution is 6.35. The summed E-state index contributed by atoms with van der Waals surface area (Å²) < 4.78 is 0. The SMILES string of the molecule is CN1CCCc2cc([C@H](CNC(=O)C(=O)NCCC3=CCCCC3)N3CCCC3)ccc21. The second-order valence-electron chi connectivity index (χ2n) is 9.50. The molecule has 3 aliphatic rings. The summed E-state index contributed by atoms with van der Waals surface area (Å²) in [6.07, 6.45) is 12.5. The van der Waals surface area contributed by atoms with E-state index >= 15 is 0 Å². The van der Waals surface area contributed by atoms with Gasteiger partial charge in [-0.1, -0.05) is 23.8 Å². The lowest BCUT2D eigenvalue weighted by Crippen LogP contribution is -2.44. The first-order valence-electron chi connectivity index (χ1n) is 12.4. The minimum absolute atomic E-state index is 0.110. The van der Waals surface area contributed by atoms with Gasteiger partial charge in [-0.2, -0.15) is 0 Å². The molecule has 6 heteroatoms. The number of fused-ring (bicyclic) bond motifs is 1. The zero-order valence-electron chi connectivity index (χ0n) is 19.5. The van der Waals surface area contributed by atoms with E-state index in [2.05, 4.69) is 51.8 Å². The molecule has 1 saturated heterocycles. The van der Waals surface area contributed by atoms with Crippen LogP contribution >= 0.6 is 0 Å². The number of carbonyl (C=O) groups is 2. The molecule has 1 atom stereocenters. The molecule has 174 valence electrons. The lowest BCUT2D eigenvalue weighted by atomic mass is 9.96. The van der Waals surface area contributed by atoms with Gasteiger partial charge in [0, 0.05) is 32.4 Å². The maximum atomic E-state index is 12.5. The molecule has 2 heterocycles. The van der Waals surface area contributed by atoms with Gasteiger partial charge in [0.25, 0.3) is 0 Å². The third-order valence-corrected chi connectivity index (χ3v) is 7.20. The number of rotatable bonds is 7. The Morgan fingerprint density at radius 1 is 0.969 bits per heavy atom. The molecule has 0 bridgehead atoms. The fraction of sp³-hybridized carbons (Fsp3) is 0.615. The van der Waals surface area contributed by atoms with Crippen molar-refractivity contribution >= 4 is 17.5 Å². The lowest BCUT2D eigenvalue weighted by Gasteiger charge is -2.31. The Morgan fingerprint density at radius 3 is 2.56 bits per heavy atom. The van der Waals surface area contributed by atoms with Crippen molar-refractivity contribution in [3.05, 3.63) is 41.0 Å². The number of nitrogens with zero attached hydrogens (tertiary/aromatic N) is 2. The van der Waals surface area contributed by atoms with Gasteiger partial charge in [-0.25, -0.2) is 0 Å². The van der Waals surface area contributed by atoms with E-state index in [0.717, 1.165) is 45.3 Å². The van der Waals surface area contributed by atoms with E-state index in [4.69, 9.17) is 0 Å². The van der Waals surface area contributed by atoms with Crippen molar-refractivity contribution in [1.82, 2.24) is 15.5 Å². The summed E-state index contributed by atoms with van der Waals surface area (Å²) in [6, 6.07) is 6.85. The third kappa shape index (κ3) is 5.71. The van der Waals surface area contributed by atoms with Gasteiger partial charge in [0.1, 0.15) is 0 Å². The first kappa shape index (κ1) is 22.8. The topological polar surface area (TPSA) is 64.7 Å². The van der Waals surface area contributed by atoms with Gasteiger partial charge in [0.05, 0.1) is 6.04 Å². The monoisotopic (exact) mass is 438 g/mol. The largest absolute Gasteiger partial charge is 0.374 e. The number of benzene rings is 1. The van der Waals surface area contributed by atoms with E-state index in [9.17, 15) is 9.59 Å². The number of aryl methyl sites for hydroxylation is 1. The molecular weight excluding hydrogens is 400 g/mol. The van der Waals surface area contributed by atoms with E-state index in [1.807, 2.05) is 0 Å². The number of hydrogen-bond donors (Lipinski definition) is 2. The predicted octanol–water partition coefficient (Wildman–Crippen LogP) is 3.33. The molecule has 0 aromatic heterocycles. The quantitative estimate of drug-likeness (QED) is 0.506. The number of nitrogens with one attached hydrogen (secondary N) is 2. The Bertz CT molecular complexity index is 844. The van der Waals surface area contributed by atoms with E-state index in [1.54, 1.807) is 0 Å². The van der Waals surface area contributed by atoms with Crippen LogP contribution in [0, 0.1) is 0 Å². The first-order chi connectivity index (χ1) is 15.6. The normalized spacial score (nSPS) is 19.8. The van der Waals surface area contributed by atoms with Crippen molar-refractivity contribution in [3.63, 3.8) is 0 Å². The Hall–Kier alpha value is -2.34. The molecule has 0 saturated carbocycles. The van der Waals surface area contributed by atoms with Gasteiger partial charge < -0.3 is 15.5 Å². The fourth-order valence-corrected chi connectivity index (χ4v) is 5.34. The van der Waals surface area contributed by atoms with Gasteiger partial charge in [0.15, 0.2) is 0 Å². The number of allylic oxidation sites excluding steroid dienone is 1. The average Bonchev–Trinajstić information content (AvgIpc) is 3.34. The Labute approximate surface area is 192 Å². The highest BCUT2D eigenvalue weighted by Gasteiger charge is 2.26. The van der Waals surface area contributed by atoms with Crippen LogP contribution in [0.2, 0.25) is 0 Å². The van der Waals surface area contributed by atoms with Gasteiger partial charge in [0.2, 0.25) is 0 Å². The second kappa shape index (κ2) is 11.0. The number of hydrogen-bond acceptors (Lipinski definition) is 4. The van der Waals surface area contributed by atoms with Crippen LogP contribution in [-0.2, 0) is 16.0 Å². The van der Waals surface area contributed by atoms with Crippen LogP contribution in [0.5, 0.6) is 0 Å². The number of anilines is 1. The second-order valence-corrected chi connectivity index (χ2v) is 9.50. The number of likely N-dealkylation sites (tertiary alicyclic amines) is 1. The Morgan fingerprint density at radius 2 is 1.78 bits per heavy atom. The molecule has 4 rings (SSSR count). The minimum Gasteiger partial charge on any atom is -0.374 e. The highest BCUT2D eigenvalue weighted by atomic mass is 16.2. The summed E-state index contributed by atoms with van der Waals surface area (Å²) in [5.74, 6) is -1.04. The Kier molecular flexibility index (Phi) is 7.85. The van der Waals surface area contributed by atoms with Crippen molar-refractivity contribution in [2.75, 3.05) is 44.7 Å². The maximum absolute atomic E-state index is 12.5. The third-order valence-electron chi connectivity index (χ3n) is 7.20. The van der Waals surface area contributed by atoms with Crippen molar-refractivity contribution in [2.45, 2.75) is 63.8 Å². The fourth-order valence-electron chi connectivity index (χ4n) is 5.34. The average molecular weight is 439 g/mol. The molecule has 2 amide bonds. The van der Waals surface area contributed by atoms with Crippen molar-refractivity contribution < 1.29 is 9.59 Å². The van der Waals surface area contributed by atoms with Crippen molar-refractivity contribution in [1.29, 1.82) is 0 Å². The maximum Gasteiger partial charge on any atom is 0.309 e. The van der Waals surface area contributed by atoms with Crippen LogP contribution in [0.15, 0.2) is 29.8 Å². The highest BCUT2D eigenvalue weighted by Crippen LogP contribution is 2.31. The summed E-state index contributed by atoms with van der Waals surface area (Å²) in [5, 5.41) is 5.72. The number of carbonyl (C=O) groups excluding carboxylic acids is 2. The zero-order valence-corrected chi connectivity index (χ0v) is 19.5. The minimum atomic E-state index is -0.524. The summed E-state index contributed by atoms with van der Waals surface area (Å²) in [7, 11) is 2.15. The molecule has 6 nitrogen and oxygen atoms in total. The van der Waals surface area contributed by atoms with Crippen LogP contribution in [0.25, 0.3) is 0 Å². The molecule has 0 spiro atoms. The predicted molar refractivity (Wildman–Crippen MR) is 129 cm³/mol. The molecule has 1 aromatic rings. The molecule has 0 radical (unpaired) electrons. The van der Waals surface area contributed by atoms with Crippen LogP contribution in [0.3, 0.4) is 0 Å². The van der Waals surface area contributed by atoms with Gasteiger partial charge >= 0.3 is 11.8 Å². The Balaban J connectivity index is 1.34. The summed E-state index contributed by atoms with van der Waals surface area (Å²) in [5.41, 5.74) is 5.35. The van der Waals surface area contributed by atoms with E-state index in [-0.39, 0.29) is 6.04 Å². The molecule has 2 aliphatic heterocycles.